The van der Waals surface area contributed by atoms with Gasteiger partial charge in [-0.1, -0.05) is 11.3 Å². The molecule has 5 heteroatoms. The first-order valence-corrected chi connectivity index (χ1v) is 5.67. The Morgan fingerprint density at radius 1 is 1.57 bits per heavy atom. The van der Waals surface area contributed by atoms with Crippen molar-refractivity contribution >= 4 is 11.3 Å². The fourth-order valence-corrected chi connectivity index (χ4v) is 2.50. The van der Waals surface area contributed by atoms with Crippen molar-refractivity contribution in [2.75, 3.05) is 6.61 Å². The lowest BCUT2D eigenvalue weighted by Gasteiger charge is -2.18. The molecule has 1 aromatic heterocycles. The smallest absolute Gasteiger partial charge is 0.149 e. The fourth-order valence-electron chi connectivity index (χ4n) is 1.58. The van der Waals surface area contributed by atoms with Gasteiger partial charge in [0.25, 0.3) is 0 Å². The maximum absolute atomic E-state index is 5.74. The molecule has 2 unspecified atom stereocenters. The second-order valence-corrected chi connectivity index (χ2v) is 4.93. The summed E-state index contributed by atoms with van der Waals surface area (Å²) in [5, 5.41) is 10.1. The first-order valence-electron chi connectivity index (χ1n) is 4.85. The molecule has 14 heavy (non-hydrogen) atoms. The minimum Gasteiger partial charge on any atom is -0.368 e. The van der Waals surface area contributed by atoms with Crippen LogP contribution in [0.3, 0.4) is 0 Å². The first-order chi connectivity index (χ1) is 6.62. The predicted molar refractivity (Wildman–Crippen MR) is 55.0 cm³/mol. The summed E-state index contributed by atoms with van der Waals surface area (Å²) in [5.74, 6) is 0. The van der Waals surface area contributed by atoms with Crippen LogP contribution >= 0.6 is 11.3 Å². The van der Waals surface area contributed by atoms with Gasteiger partial charge in [0.1, 0.15) is 15.6 Å². The number of nitrogens with two attached hydrogens (primary N) is 1. The maximum Gasteiger partial charge on any atom is 0.149 e. The quantitative estimate of drug-likeness (QED) is 0.810. The van der Waals surface area contributed by atoms with Crippen molar-refractivity contribution in [1.29, 1.82) is 0 Å². The Morgan fingerprint density at radius 2 is 2.36 bits per heavy atom. The third-order valence-corrected chi connectivity index (χ3v) is 3.87. The molecule has 1 saturated heterocycles. The van der Waals surface area contributed by atoms with Gasteiger partial charge < -0.3 is 10.5 Å². The average molecular weight is 213 g/mol. The zero-order chi connectivity index (χ0) is 10.2. The standard InChI is InChI=1S/C9H15N3OS/c1-6(10)7-11-12-8(14-7)9(2)4-3-5-13-9/h6H,3-5,10H2,1-2H3. The van der Waals surface area contributed by atoms with Gasteiger partial charge in [0.15, 0.2) is 0 Å². The Labute approximate surface area is 87.5 Å². The molecule has 0 bridgehead atoms. The van der Waals surface area contributed by atoms with Gasteiger partial charge in [-0.2, -0.15) is 0 Å². The highest BCUT2D eigenvalue weighted by molar-refractivity contribution is 7.11. The summed E-state index contributed by atoms with van der Waals surface area (Å²) < 4.78 is 5.69. The summed E-state index contributed by atoms with van der Waals surface area (Å²) in [5.41, 5.74) is 5.52. The molecular weight excluding hydrogens is 198 g/mol. The van der Waals surface area contributed by atoms with Crippen LogP contribution in [0.4, 0.5) is 0 Å². The Balaban J connectivity index is 2.23. The summed E-state index contributed by atoms with van der Waals surface area (Å²) >= 11 is 1.56. The molecule has 2 atom stereocenters. The minimum absolute atomic E-state index is 0.0359. The van der Waals surface area contributed by atoms with Crippen LogP contribution in [-0.2, 0) is 10.3 Å². The topological polar surface area (TPSA) is 61.0 Å². The van der Waals surface area contributed by atoms with E-state index < -0.39 is 0 Å². The molecule has 0 spiro atoms. The lowest BCUT2D eigenvalue weighted by molar-refractivity contribution is 0.0161. The van der Waals surface area contributed by atoms with Gasteiger partial charge >= 0.3 is 0 Å². The van der Waals surface area contributed by atoms with Crippen LogP contribution in [0, 0.1) is 0 Å². The first kappa shape index (κ1) is 10.0. The van der Waals surface area contributed by atoms with Gasteiger partial charge in [-0.15, -0.1) is 10.2 Å². The SMILES string of the molecule is CC(N)c1nnc(C2(C)CCCO2)s1. The molecule has 0 amide bonds. The van der Waals surface area contributed by atoms with Crippen molar-refractivity contribution in [3.05, 3.63) is 10.0 Å². The predicted octanol–water partition coefficient (Wildman–Crippen LogP) is 1.58. The molecule has 4 nitrogen and oxygen atoms in total. The number of ether oxygens (including phenoxy) is 1. The monoisotopic (exact) mass is 213 g/mol. The lowest BCUT2D eigenvalue weighted by Crippen LogP contribution is -2.19. The summed E-state index contributed by atoms with van der Waals surface area (Å²) in [6, 6.07) is -0.0359. The van der Waals surface area contributed by atoms with Gasteiger partial charge in [0.2, 0.25) is 0 Å². The van der Waals surface area contributed by atoms with Crippen molar-refractivity contribution in [1.82, 2.24) is 10.2 Å². The van der Waals surface area contributed by atoms with Crippen molar-refractivity contribution < 1.29 is 4.74 Å². The van der Waals surface area contributed by atoms with Gasteiger partial charge in [0, 0.05) is 6.61 Å². The highest BCUT2D eigenvalue weighted by Crippen LogP contribution is 2.37. The van der Waals surface area contributed by atoms with Crippen LogP contribution in [0.5, 0.6) is 0 Å². The number of nitrogens with zero attached hydrogens (tertiary/aromatic N) is 2. The van der Waals surface area contributed by atoms with E-state index in [1.54, 1.807) is 11.3 Å². The summed E-state index contributed by atoms with van der Waals surface area (Å²) in [7, 11) is 0. The number of aromatic nitrogens is 2. The summed E-state index contributed by atoms with van der Waals surface area (Å²) in [6.07, 6.45) is 2.13. The normalized spacial score (nSPS) is 29.4. The average Bonchev–Trinajstić information content (AvgIpc) is 2.71. The zero-order valence-corrected chi connectivity index (χ0v) is 9.30. The molecule has 2 N–H and O–H groups in total. The molecule has 1 aliphatic heterocycles. The molecule has 0 saturated carbocycles. The molecular formula is C9H15N3OS. The van der Waals surface area contributed by atoms with Crippen LogP contribution in [0.15, 0.2) is 0 Å². The number of hydrogen-bond acceptors (Lipinski definition) is 5. The van der Waals surface area contributed by atoms with Gasteiger partial charge in [-0.05, 0) is 26.7 Å². The molecule has 78 valence electrons. The van der Waals surface area contributed by atoms with Crippen LogP contribution < -0.4 is 5.73 Å². The summed E-state index contributed by atoms with van der Waals surface area (Å²) in [4.78, 5) is 0. The minimum atomic E-state index is -0.217. The molecule has 1 fully saturated rings. The van der Waals surface area contributed by atoms with E-state index in [4.69, 9.17) is 10.5 Å². The lowest BCUT2D eigenvalue weighted by atomic mass is 10.0. The van der Waals surface area contributed by atoms with Crippen molar-refractivity contribution in [2.45, 2.75) is 38.3 Å². The Morgan fingerprint density at radius 3 is 2.86 bits per heavy atom. The Hall–Kier alpha value is -0.520. The van der Waals surface area contributed by atoms with Crippen molar-refractivity contribution in [3.63, 3.8) is 0 Å². The Kier molecular flexibility index (Phi) is 2.55. The zero-order valence-electron chi connectivity index (χ0n) is 8.49. The number of rotatable bonds is 2. The fraction of sp³-hybridized carbons (Fsp3) is 0.778. The largest absolute Gasteiger partial charge is 0.368 e. The third kappa shape index (κ3) is 1.67. The van der Waals surface area contributed by atoms with Crippen molar-refractivity contribution in [2.24, 2.45) is 5.73 Å². The maximum atomic E-state index is 5.74. The van der Waals surface area contributed by atoms with Crippen LogP contribution in [0.2, 0.25) is 0 Å². The molecule has 1 aromatic rings. The molecule has 0 aromatic carbocycles. The Bertz CT molecular complexity index is 318. The van der Waals surface area contributed by atoms with Crippen LogP contribution in [0.1, 0.15) is 42.7 Å². The summed E-state index contributed by atoms with van der Waals surface area (Å²) in [6.45, 7) is 4.82. The molecule has 0 aliphatic carbocycles. The highest BCUT2D eigenvalue weighted by atomic mass is 32.1. The van der Waals surface area contributed by atoms with E-state index in [1.165, 1.54) is 0 Å². The molecule has 2 heterocycles. The van der Waals surface area contributed by atoms with Crippen molar-refractivity contribution in [3.8, 4) is 0 Å². The number of hydrogen-bond donors (Lipinski definition) is 1. The second-order valence-electron chi connectivity index (χ2n) is 3.92. The van der Waals surface area contributed by atoms with E-state index in [-0.39, 0.29) is 11.6 Å². The van der Waals surface area contributed by atoms with E-state index in [0.717, 1.165) is 29.5 Å². The molecule has 1 aliphatic rings. The van der Waals surface area contributed by atoms with E-state index in [1.807, 2.05) is 6.92 Å². The second kappa shape index (κ2) is 3.56. The molecule has 2 rings (SSSR count). The van der Waals surface area contributed by atoms with Gasteiger partial charge in [0.05, 0.1) is 6.04 Å². The van der Waals surface area contributed by atoms with Gasteiger partial charge in [-0.25, -0.2) is 0 Å². The van der Waals surface area contributed by atoms with E-state index in [2.05, 4.69) is 17.1 Å². The third-order valence-electron chi connectivity index (χ3n) is 2.50. The molecule has 0 radical (unpaired) electrons. The van der Waals surface area contributed by atoms with Gasteiger partial charge in [-0.3, -0.25) is 0 Å². The van der Waals surface area contributed by atoms with Crippen LogP contribution in [-0.4, -0.2) is 16.8 Å². The highest BCUT2D eigenvalue weighted by Gasteiger charge is 2.35. The van der Waals surface area contributed by atoms with E-state index in [0.29, 0.717) is 0 Å². The van der Waals surface area contributed by atoms with E-state index in [9.17, 15) is 0 Å². The van der Waals surface area contributed by atoms with E-state index >= 15 is 0 Å². The van der Waals surface area contributed by atoms with Crippen LogP contribution in [0.25, 0.3) is 0 Å².